The zero-order valence-electron chi connectivity index (χ0n) is 10.9. The summed E-state index contributed by atoms with van der Waals surface area (Å²) in [5, 5.41) is 11.0. The van der Waals surface area contributed by atoms with E-state index in [-0.39, 0.29) is 29.9 Å². The van der Waals surface area contributed by atoms with Crippen LogP contribution in [0.25, 0.3) is 0 Å². The van der Waals surface area contributed by atoms with Crippen molar-refractivity contribution in [3.8, 4) is 0 Å². The van der Waals surface area contributed by atoms with Crippen molar-refractivity contribution >= 4 is 11.5 Å². The van der Waals surface area contributed by atoms with Gasteiger partial charge in [0.15, 0.2) is 0 Å². The molecule has 2 heterocycles. The Morgan fingerprint density at radius 3 is 2.95 bits per heavy atom. The normalized spacial score (nSPS) is 27.3. The number of ether oxygens (including phenoxy) is 1. The zero-order chi connectivity index (χ0) is 14.0. The molecule has 0 radical (unpaired) electrons. The van der Waals surface area contributed by atoms with Crippen LogP contribution in [0.15, 0.2) is 18.5 Å². The Bertz CT molecular complexity index is 503. The Labute approximate surface area is 110 Å². The van der Waals surface area contributed by atoms with Crippen molar-refractivity contribution in [2.24, 2.45) is 5.92 Å². The SMILES string of the molecule is CCC1OC(c2ccncc2[N+](=O)[O-])CC(=O)C1C. The first kappa shape index (κ1) is 13.6. The lowest BCUT2D eigenvalue weighted by Crippen LogP contribution is -2.36. The number of rotatable bonds is 3. The molecule has 0 saturated carbocycles. The molecule has 6 nitrogen and oxygen atoms in total. The lowest BCUT2D eigenvalue weighted by molar-refractivity contribution is -0.386. The van der Waals surface area contributed by atoms with Crippen molar-refractivity contribution < 1.29 is 14.5 Å². The summed E-state index contributed by atoms with van der Waals surface area (Å²) in [5.74, 6) is -0.0589. The fourth-order valence-electron chi connectivity index (χ4n) is 2.41. The van der Waals surface area contributed by atoms with Crippen molar-refractivity contribution in [3.63, 3.8) is 0 Å². The molecule has 0 aromatic carbocycles. The second-order valence-electron chi connectivity index (χ2n) is 4.72. The predicted molar refractivity (Wildman–Crippen MR) is 67.6 cm³/mol. The first-order valence-corrected chi connectivity index (χ1v) is 6.31. The van der Waals surface area contributed by atoms with Crippen LogP contribution in [0.3, 0.4) is 0 Å². The molecular weight excluding hydrogens is 248 g/mol. The van der Waals surface area contributed by atoms with Gasteiger partial charge in [-0.1, -0.05) is 13.8 Å². The Kier molecular flexibility index (Phi) is 3.90. The van der Waals surface area contributed by atoms with E-state index in [2.05, 4.69) is 4.98 Å². The highest BCUT2D eigenvalue weighted by molar-refractivity contribution is 5.82. The van der Waals surface area contributed by atoms with Crippen LogP contribution in [0.1, 0.15) is 38.4 Å². The molecule has 1 aliphatic heterocycles. The Balaban J connectivity index is 2.32. The number of nitrogens with zero attached hydrogens (tertiary/aromatic N) is 2. The molecule has 0 N–H and O–H groups in total. The maximum absolute atomic E-state index is 12.0. The van der Waals surface area contributed by atoms with E-state index >= 15 is 0 Å². The van der Waals surface area contributed by atoms with Crippen LogP contribution >= 0.6 is 0 Å². The second-order valence-corrected chi connectivity index (χ2v) is 4.72. The van der Waals surface area contributed by atoms with E-state index in [1.165, 1.54) is 12.4 Å². The van der Waals surface area contributed by atoms with Crippen LogP contribution in [-0.2, 0) is 9.53 Å². The molecule has 1 aromatic rings. The maximum Gasteiger partial charge on any atom is 0.293 e. The van der Waals surface area contributed by atoms with E-state index in [1.54, 1.807) is 6.07 Å². The number of carbonyl (C=O) groups is 1. The van der Waals surface area contributed by atoms with Gasteiger partial charge in [-0.15, -0.1) is 0 Å². The average molecular weight is 264 g/mol. The van der Waals surface area contributed by atoms with Gasteiger partial charge in [-0.25, -0.2) is 0 Å². The summed E-state index contributed by atoms with van der Waals surface area (Å²) in [7, 11) is 0. The minimum absolute atomic E-state index is 0.0919. The molecule has 0 spiro atoms. The fraction of sp³-hybridized carbons (Fsp3) is 0.538. The van der Waals surface area contributed by atoms with Gasteiger partial charge in [0, 0.05) is 18.5 Å². The summed E-state index contributed by atoms with van der Waals surface area (Å²) in [6.45, 7) is 3.78. The molecule has 3 unspecified atom stereocenters. The summed E-state index contributed by atoms with van der Waals surface area (Å²) in [6.07, 6.45) is 2.85. The van der Waals surface area contributed by atoms with Gasteiger partial charge in [-0.3, -0.25) is 19.9 Å². The first-order valence-electron chi connectivity index (χ1n) is 6.31. The molecule has 6 heteroatoms. The molecule has 3 atom stereocenters. The zero-order valence-corrected chi connectivity index (χ0v) is 10.9. The molecule has 0 bridgehead atoms. The summed E-state index contributed by atoms with van der Waals surface area (Å²) in [4.78, 5) is 26.2. The number of pyridine rings is 1. The number of ketones is 1. The summed E-state index contributed by atoms with van der Waals surface area (Å²) in [6, 6.07) is 1.55. The number of hydrogen-bond donors (Lipinski definition) is 0. The predicted octanol–water partition coefficient (Wildman–Crippen LogP) is 2.44. The summed E-state index contributed by atoms with van der Waals surface area (Å²) in [5.41, 5.74) is 0.336. The van der Waals surface area contributed by atoms with Crippen molar-refractivity contribution in [2.75, 3.05) is 0 Å². The lowest BCUT2D eigenvalue weighted by Gasteiger charge is -2.33. The number of carbonyl (C=O) groups excluding carboxylic acids is 1. The fourth-order valence-corrected chi connectivity index (χ4v) is 2.41. The van der Waals surface area contributed by atoms with Crippen molar-refractivity contribution in [2.45, 2.75) is 38.9 Å². The number of hydrogen-bond acceptors (Lipinski definition) is 5. The summed E-state index contributed by atoms with van der Waals surface area (Å²) < 4.78 is 5.84. The Morgan fingerprint density at radius 1 is 1.58 bits per heavy atom. The maximum atomic E-state index is 12.0. The van der Waals surface area contributed by atoms with Crippen LogP contribution in [0.4, 0.5) is 5.69 Å². The third-order valence-corrected chi connectivity index (χ3v) is 3.57. The van der Waals surface area contributed by atoms with Crippen LogP contribution in [-0.4, -0.2) is 21.8 Å². The van der Waals surface area contributed by atoms with Gasteiger partial charge in [0.05, 0.1) is 22.7 Å². The monoisotopic (exact) mass is 264 g/mol. The first-order chi connectivity index (χ1) is 9.04. The van der Waals surface area contributed by atoms with Gasteiger partial charge < -0.3 is 4.74 Å². The highest BCUT2D eigenvalue weighted by Crippen LogP contribution is 2.36. The minimum atomic E-state index is -0.544. The number of Topliss-reactive ketones (excluding diaryl/α,β-unsaturated/α-hetero) is 1. The molecule has 0 aliphatic carbocycles. The van der Waals surface area contributed by atoms with Crippen LogP contribution < -0.4 is 0 Å². The second kappa shape index (κ2) is 5.44. The van der Waals surface area contributed by atoms with Gasteiger partial charge >= 0.3 is 0 Å². The number of nitro groups is 1. The molecular formula is C13H16N2O4. The van der Waals surface area contributed by atoms with Crippen molar-refractivity contribution in [1.29, 1.82) is 0 Å². The van der Waals surface area contributed by atoms with Gasteiger partial charge in [-0.05, 0) is 12.5 Å². The van der Waals surface area contributed by atoms with Crippen molar-refractivity contribution in [3.05, 3.63) is 34.1 Å². The molecule has 102 valence electrons. The van der Waals surface area contributed by atoms with E-state index < -0.39 is 11.0 Å². The van der Waals surface area contributed by atoms with E-state index in [0.717, 1.165) is 0 Å². The smallest absolute Gasteiger partial charge is 0.293 e. The molecule has 1 saturated heterocycles. The van der Waals surface area contributed by atoms with E-state index in [9.17, 15) is 14.9 Å². The summed E-state index contributed by atoms with van der Waals surface area (Å²) >= 11 is 0. The standard InChI is InChI=1S/C13H16N2O4/c1-3-12-8(2)11(16)6-13(19-12)9-4-5-14-7-10(9)15(17)18/h4-5,7-8,12-13H,3,6H2,1-2H3. The van der Waals surface area contributed by atoms with E-state index in [0.29, 0.717) is 12.0 Å². The molecule has 1 aromatic heterocycles. The molecule has 19 heavy (non-hydrogen) atoms. The highest BCUT2D eigenvalue weighted by Gasteiger charge is 2.36. The molecule has 0 amide bonds. The molecule has 1 fully saturated rings. The van der Waals surface area contributed by atoms with Crippen molar-refractivity contribution in [1.82, 2.24) is 4.98 Å². The van der Waals surface area contributed by atoms with E-state index in [1.807, 2.05) is 13.8 Å². The van der Waals surface area contributed by atoms with Gasteiger partial charge in [0.2, 0.25) is 0 Å². The van der Waals surface area contributed by atoms with Crippen LogP contribution in [0.2, 0.25) is 0 Å². The number of aromatic nitrogens is 1. The van der Waals surface area contributed by atoms with Crippen LogP contribution in [0, 0.1) is 16.0 Å². The molecule has 2 rings (SSSR count). The largest absolute Gasteiger partial charge is 0.369 e. The third-order valence-electron chi connectivity index (χ3n) is 3.57. The van der Waals surface area contributed by atoms with Crippen LogP contribution in [0.5, 0.6) is 0 Å². The Morgan fingerprint density at radius 2 is 2.32 bits per heavy atom. The van der Waals surface area contributed by atoms with Gasteiger partial charge in [-0.2, -0.15) is 0 Å². The van der Waals surface area contributed by atoms with E-state index in [4.69, 9.17) is 4.74 Å². The quantitative estimate of drug-likeness (QED) is 0.618. The Hall–Kier alpha value is -1.82. The van der Waals surface area contributed by atoms with Gasteiger partial charge in [0.25, 0.3) is 5.69 Å². The third kappa shape index (κ3) is 2.63. The average Bonchev–Trinajstić information content (AvgIpc) is 2.41. The lowest BCUT2D eigenvalue weighted by atomic mass is 9.88. The highest BCUT2D eigenvalue weighted by atomic mass is 16.6. The topological polar surface area (TPSA) is 82.3 Å². The minimum Gasteiger partial charge on any atom is -0.369 e. The molecule has 1 aliphatic rings. The van der Waals surface area contributed by atoms with Gasteiger partial charge in [0.1, 0.15) is 12.0 Å².